The highest BCUT2D eigenvalue weighted by Crippen LogP contribution is 1.94. The van der Waals surface area contributed by atoms with Gasteiger partial charge in [0, 0.05) is 0 Å². The molecule has 0 N–H and O–H groups in total. The zero-order valence-corrected chi connectivity index (χ0v) is 5.96. The Morgan fingerprint density at radius 1 is 1.67 bits per heavy atom. The zero-order chi connectivity index (χ0) is 7.11. The van der Waals surface area contributed by atoms with E-state index in [0.29, 0.717) is 6.61 Å². The monoisotopic (exact) mass is 129 g/mol. The van der Waals surface area contributed by atoms with Crippen molar-refractivity contribution in [3.8, 4) is 0 Å². The van der Waals surface area contributed by atoms with E-state index in [-0.39, 0.29) is 6.29 Å². The molecule has 9 heavy (non-hydrogen) atoms. The first-order chi connectivity index (χ1) is 4.31. The van der Waals surface area contributed by atoms with Crippen molar-refractivity contribution in [3.05, 3.63) is 19.3 Å². The molecule has 0 aliphatic carbocycles. The van der Waals surface area contributed by atoms with Gasteiger partial charge < -0.3 is 9.47 Å². The molecule has 0 aliphatic rings. The maximum Gasteiger partial charge on any atom is 0.155 e. The van der Waals surface area contributed by atoms with E-state index in [1.807, 2.05) is 13.8 Å². The van der Waals surface area contributed by atoms with Crippen LogP contribution in [0.1, 0.15) is 13.8 Å². The van der Waals surface area contributed by atoms with Crippen LogP contribution >= 0.6 is 0 Å². The van der Waals surface area contributed by atoms with Gasteiger partial charge in [0.2, 0.25) is 0 Å². The largest absolute Gasteiger partial charge is 0.349 e. The Morgan fingerprint density at radius 3 is 2.78 bits per heavy atom. The summed E-state index contributed by atoms with van der Waals surface area (Å²) >= 11 is 0. The Kier molecular flexibility index (Phi) is 5.57. The minimum Gasteiger partial charge on any atom is -0.349 e. The number of hydrogen-bond donors (Lipinski definition) is 0. The molecular formula is C7H13O2. The summed E-state index contributed by atoms with van der Waals surface area (Å²) in [4.78, 5) is 0. The molecule has 0 heterocycles. The van der Waals surface area contributed by atoms with Gasteiger partial charge in [0.25, 0.3) is 0 Å². The Bertz CT molecular complexity index is 71.3. The smallest absolute Gasteiger partial charge is 0.155 e. The van der Waals surface area contributed by atoms with Gasteiger partial charge in [0.05, 0.1) is 13.2 Å². The van der Waals surface area contributed by atoms with Crippen LogP contribution in [0.3, 0.4) is 0 Å². The molecular weight excluding hydrogens is 116 g/mol. The topological polar surface area (TPSA) is 18.5 Å². The van der Waals surface area contributed by atoms with Crippen molar-refractivity contribution in [2.45, 2.75) is 20.1 Å². The van der Waals surface area contributed by atoms with Crippen LogP contribution < -0.4 is 0 Å². The zero-order valence-electron chi connectivity index (χ0n) is 5.96. The summed E-state index contributed by atoms with van der Waals surface area (Å²) < 4.78 is 10.0. The van der Waals surface area contributed by atoms with Crippen LogP contribution in [0.5, 0.6) is 0 Å². The summed E-state index contributed by atoms with van der Waals surface area (Å²) in [6.45, 7) is 9.29. The summed E-state index contributed by atoms with van der Waals surface area (Å²) in [5.41, 5.74) is 0. The first-order valence-corrected chi connectivity index (χ1v) is 2.97. The van der Waals surface area contributed by atoms with E-state index in [0.717, 1.165) is 0 Å². The second-order valence-electron chi connectivity index (χ2n) is 1.56. The molecule has 0 aromatic rings. The summed E-state index contributed by atoms with van der Waals surface area (Å²) in [6.07, 6.45) is 1.53. The number of rotatable bonds is 5. The van der Waals surface area contributed by atoms with Gasteiger partial charge in [0.1, 0.15) is 0 Å². The van der Waals surface area contributed by atoms with Gasteiger partial charge >= 0.3 is 0 Å². The van der Waals surface area contributed by atoms with Crippen LogP contribution in [0.25, 0.3) is 0 Å². The maximum atomic E-state index is 5.06. The predicted molar refractivity (Wildman–Crippen MR) is 36.7 cm³/mol. The Balaban J connectivity index is 3.04. The summed E-state index contributed by atoms with van der Waals surface area (Å²) in [7, 11) is 0. The second kappa shape index (κ2) is 5.79. The molecule has 0 saturated carbocycles. The predicted octanol–water partition coefficient (Wildman–Crippen LogP) is 1.73. The van der Waals surface area contributed by atoms with Gasteiger partial charge in [-0.05, 0) is 13.8 Å². The minimum atomic E-state index is -0.159. The SMILES string of the molecule is C=CCOC(C)O[CH]C. The molecule has 1 radical (unpaired) electrons. The lowest BCUT2D eigenvalue weighted by Gasteiger charge is -2.09. The summed E-state index contributed by atoms with van der Waals surface area (Å²) in [5, 5.41) is 0. The van der Waals surface area contributed by atoms with Crippen molar-refractivity contribution in [3.63, 3.8) is 0 Å². The maximum absolute atomic E-state index is 5.06. The lowest BCUT2D eigenvalue weighted by molar-refractivity contribution is -0.0970. The quantitative estimate of drug-likeness (QED) is 0.415. The van der Waals surface area contributed by atoms with E-state index >= 15 is 0 Å². The molecule has 2 nitrogen and oxygen atoms in total. The van der Waals surface area contributed by atoms with Crippen LogP contribution in [-0.4, -0.2) is 12.9 Å². The van der Waals surface area contributed by atoms with Crippen LogP contribution in [0.2, 0.25) is 0 Å². The van der Waals surface area contributed by atoms with Crippen molar-refractivity contribution in [1.82, 2.24) is 0 Å². The molecule has 0 aromatic heterocycles. The third-order valence-electron chi connectivity index (χ3n) is 0.777. The van der Waals surface area contributed by atoms with Gasteiger partial charge in [0.15, 0.2) is 6.29 Å². The molecule has 0 fully saturated rings. The molecule has 0 aliphatic heterocycles. The average Bonchev–Trinajstić information content (AvgIpc) is 1.85. The molecule has 1 atom stereocenters. The van der Waals surface area contributed by atoms with E-state index in [9.17, 15) is 0 Å². The van der Waals surface area contributed by atoms with Crippen molar-refractivity contribution < 1.29 is 9.47 Å². The van der Waals surface area contributed by atoms with Crippen LogP contribution in [0, 0.1) is 6.61 Å². The van der Waals surface area contributed by atoms with Gasteiger partial charge in [-0.2, -0.15) is 0 Å². The number of hydrogen-bond acceptors (Lipinski definition) is 2. The van der Waals surface area contributed by atoms with Crippen molar-refractivity contribution in [2.24, 2.45) is 0 Å². The molecule has 0 rings (SSSR count). The third kappa shape index (κ3) is 5.53. The Hall–Kier alpha value is -0.340. The van der Waals surface area contributed by atoms with Crippen molar-refractivity contribution >= 4 is 0 Å². The van der Waals surface area contributed by atoms with E-state index in [1.54, 1.807) is 12.7 Å². The van der Waals surface area contributed by atoms with Gasteiger partial charge in [-0.15, -0.1) is 6.58 Å². The fourth-order valence-corrected chi connectivity index (χ4v) is 0.434. The molecule has 0 spiro atoms. The van der Waals surface area contributed by atoms with Gasteiger partial charge in [-0.25, -0.2) is 0 Å². The highest BCUT2D eigenvalue weighted by atomic mass is 16.7. The molecule has 0 bridgehead atoms. The fraction of sp³-hybridized carbons (Fsp3) is 0.571. The fourth-order valence-electron chi connectivity index (χ4n) is 0.434. The molecule has 1 unspecified atom stereocenters. The number of ether oxygens (including phenoxy) is 2. The minimum absolute atomic E-state index is 0.159. The first kappa shape index (κ1) is 8.66. The van der Waals surface area contributed by atoms with E-state index in [4.69, 9.17) is 9.47 Å². The molecule has 0 aromatic carbocycles. The standard InChI is InChI=1S/C7H13O2/c1-4-6-9-7(3)8-5-2/h4-5,7H,1,6H2,2-3H3. The average molecular weight is 129 g/mol. The molecule has 0 amide bonds. The van der Waals surface area contributed by atoms with Crippen molar-refractivity contribution in [2.75, 3.05) is 6.61 Å². The molecule has 53 valence electrons. The van der Waals surface area contributed by atoms with Gasteiger partial charge in [-0.3, -0.25) is 0 Å². The lowest BCUT2D eigenvalue weighted by Crippen LogP contribution is -2.10. The van der Waals surface area contributed by atoms with Crippen LogP contribution in [-0.2, 0) is 9.47 Å². The first-order valence-electron chi connectivity index (χ1n) is 2.97. The van der Waals surface area contributed by atoms with E-state index in [2.05, 4.69) is 6.58 Å². The van der Waals surface area contributed by atoms with Crippen LogP contribution in [0.15, 0.2) is 12.7 Å². The van der Waals surface area contributed by atoms with E-state index in [1.165, 1.54) is 0 Å². The molecule has 0 saturated heterocycles. The molecule has 2 heteroatoms. The lowest BCUT2D eigenvalue weighted by atomic mass is 10.6. The van der Waals surface area contributed by atoms with Crippen LogP contribution in [0.4, 0.5) is 0 Å². The third-order valence-corrected chi connectivity index (χ3v) is 0.777. The normalized spacial score (nSPS) is 13.1. The Morgan fingerprint density at radius 2 is 2.33 bits per heavy atom. The van der Waals surface area contributed by atoms with Crippen molar-refractivity contribution in [1.29, 1.82) is 0 Å². The second-order valence-corrected chi connectivity index (χ2v) is 1.56. The summed E-state index contributed by atoms with van der Waals surface area (Å²) in [6, 6.07) is 0. The highest BCUT2D eigenvalue weighted by molar-refractivity contribution is 4.63. The highest BCUT2D eigenvalue weighted by Gasteiger charge is 1.96. The van der Waals surface area contributed by atoms with Gasteiger partial charge in [-0.1, -0.05) is 6.08 Å². The van der Waals surface area contributed by atoms with E-state index < -0.39 is 0 Å². The Labute approximate surface area is 56.5 Å². The summed E-state index contributed by atoms with van der Waals surface area (Å²) in [5.74, 6) is 0.